The van der Waals surface area contributed by atoms with Gasteiger partial charge in [0.2, 0.25) is 0 Å². The first-order valence-corrected chi connectivity index (χ1v) is 5.60. The third-order valence-electron chi connectivity index (χ3n) is 2.40. The minimum Gasteiger partial charge on any atom is -0.399 e. The smallest absolute Gasteiger partial charge is 0.0319 e. The molecule has 0 amide bonds. The van der Waals surface area contributed by atoms with E-state index in [0.717, 1.165) is 11.3 Å². The maximum atomic E-state index is 5.70. The topological polar surface area (TPSA) is 26.0 Å². The zero-order valence-electron chi connectivity index (χ0n) is 9.58. The Kier molecular flexibility index (Phi) is 3.77. The quantitative estimate of drug-likeness (QED) is 0.615. The van der Waals surface area contributed by atoms with Crippen LogP contribution < -0.4 is 5.73 Å². The lowest BCUT2D eigenvalue weighted by Gasteiger charge is -1.94. The number of nitrogens with two attached hydrogens (primary N) is 1. The Hall–Kier alpha value is -2.28. The molecule has 0 bridgehead atoms. The highest BCUT2D eigenvalue weighted by Gasteiger charge is 1.86. The van der Waals surface area contributed by atoms with Crippen LogP contribution in [0.25, 0.3) is 12.2 Å². The van der Waals surface area contributed by atoms with Gasteiger partial charge in [0, 0.05) is 5.69 Å². The molecule has 0 fully saturated rings. The van der Waals surface area contributed by atoms with E-state index in [1.807, 2.05) is 60.7 Å². The molecule has 0 aromatic heterocycles. The Morgan fingerprint density at radius 3 is 2.06 bits per heavy atom. The van der Waals surface area contributed by atoms with Gasteiger partial charge >= 0.3 is 0 Å². The van der Waals surface area contributed by atoms with Crippen molar-refractivity contribution in [1.29, 1.82) is 0 Å². The summed E-state index contributed by atoms with van der Waals surface area (Å²) in [6, 6.07) is 18.0. The lowest BCUT2D eigenvalue weighted by atomic mass is 10.1. The van der Waals surface area contributed by atoms with Crippen molar-refractivity contribution in [3.05, 3.63) is 77.9 Å². The number of benzene rings is 2. The highest BCUT2D eigenvalue weighted by atomic mass is 14.5. The van der Waals surface area contributed by atoms with Gasteiger partial charge in [0.1, 0.15) is 0 Å². The van der Waals surface area contributed by atoms with Gasteiger partial charge in [-0.25, -0.2) is 0 Å². The summed E-state index contributed by atoms with van der Waals surface area (Å²) in [5.74, 6) is 0. The van der Waals surface area contributed by atoms with Gasteiger partial charge in [-0.2, -0.15) is 0 Å². The molecular formula is C16H15N. The fourth-order valence-corrected chi connectivity index (χ4v) is 1.56. The minimum atomic E-state index is 0.791. The first kappa shape index (κ1) is 11.2. The summed E-state index contributed by atoms with van der Waals surface area (Å²) in [6.07, 6.45) is 8.15. The van der Waals surface area contributed by atoms with Gasteiger partial charge in [0.15, 0.2) is 0 Å². The van der Waals surface area contributed by atoms with E-state index < -0.39 is 0 Å². The van der Waals surface area contributed by atoms with E-state index in [1.165, 1.54) is 5.56 Å². The molecule has 2 aromatic rings. The van der Waals surface area contributed by atoms with E-state index in [2.05, 4.69) is 18.2 Å². The van der Waals surface area contributed by atoms with Crippen molar-refractivity contribution in [1.82, 2.24) is 0 Å². The van der Waals surface area contributed by atoms with Gasteiger partial charge in [-0.15, -0.1) is 0 Å². The molecule has 0 aliphatic rings. The van der Waals surface area contributed by atoms with Crippen molar-refractivity contribution >= 4 is 17.8 Å². The van der Waals surface area contributed by atoms with Crippen molar-refractivity contribution in [3.63, 3.8) is 0 Å². The second-order valence-corrected chi connectivity index (χ2v) is 3.80. The van der Waals surface area contributed by atoms with Crippen LogP contribution in [0.4, 0.5) is 5.69 Å². The Bertz CT molecular complexity index is 524. The van der Waals surface area contributed by atoms with E-state index in [9.17, 15) is 0 Å². The largest absolute Gasteiger partial charge is 0.399 e. The van der Waals surface area contributed by atoms with E-state index in [0.29, 0.717) is 0 Å². The summed E-state index contributed by atoms with van der Waals surface area (Å²) in [4.78, 5) is 0. The van der Waals surface area contributed by atoms with Crippen molar-refractivity contribution < 1.29 is 0 Å². The Morgan fingerprint density at radius 2 is 1.35 bits per heavy atom. The highest BCUT2D eigenvalue weighted by Crippen LogP contribution is 2.08. The van der Waals surface area contributed by atoms with Crippen LogP contribution in [0.2, 0.25) is 0 Å². The number of hydrogen-bond donors (Lipinski definition) is 1. The van der Waals surface area contributed by atoms with Crippen LogP contribution in [-0.4, -0.2) is 0 Å². The summed E-state index contributed by atoms with van der Waals surface area (Å²) in [5, 5.41) is 0. The average molecular weight is 221 g/mol. The van der Waals surface area contributed by atoms with Gasteiger partial charge in [-0.3, -0.25) is 0 Å². The van der Waals surface area contributed by atoms with Gasteiger partial charge in [0.25, 0.3) is 0 Å². The summed E-state index contributed by atoms with van der Waals surface area (Å²) in [5.41, 5.74) is 8.81. The number of rotatable bonds is 3. The summed E-state index contributed by atoms with van der Waals surface area (Å²) >= 11 is 0. The van der Waals surface area contributed by atoms with E-state index in [4.69, 9.17) is 5.73 Å². The molecule has 0 saturated carbocycles. The van der Waals surface area contributed by atoms with Crippen LogP contribution in [0.15, 0.2) is 66.7 Å². The monoisotopic (exact) mass is 221 g/mol. The number of allylic oxidation sites excluding steroid dienone is 2. The van der Waals surface area contributed by atoms with Crippen LogP contribution in [-0.2, 0) is 0 Å². The van der Waals surface area contributed by atoms with Crippen LogP contribution in [0, 0.1) is 0 Å². The molecule has 84 valence electrons. The van der Waals surface area contributed by atoms with Crippen molar-refractivity contribution in [2.45, 2.75) is 0 Å². The number of anilines is 1. The zero-order chi connectivity index (χ0) is 11.9. The summed E-state index contributed by atoms with van der Waals surface area (Å²) in [6.45, 7) is 0. The highest BCUT2D eigenvalue weighted by molar-refractivity contribution is 5.59. The van der Waals surface area contributed by atoms with Gasteiger partial charge in [-0.05, 0) is 23.3 Å². The fraction of sp³-hybridized carbons (Fsp3) is 0. The average Bonchev–Trinajstić information content (AvgIpc) is 2.36. The van der Waals surface area contributed by atoms with Gasteiger partial charge in [0.05, 0.1) is 0 Å². The van der Waals surface area contributed by atoms with E-state index >= 15 is 0 Å². The van der Waals surface area contributed by atoms with Crippen LogP contribution in [0.5, 0.6) is 0 Å². The zero-order valence-corrected chi connectivity index (χ0v) is 9.58. The molecular weight excluding hydrogens is 206 g/mol. The van der Waals surface area contributed by atoms with Crippen molar-refractivity contribution in [2.24, 2.45) is 0 Å². The molecule has 2 N–H and O–H groups in total. The van der Waals surface area contributed by atoms with Gasteiger partial charge < -0.3 is 5.73 Å². The SMILES string of the molecule is Nc1cccc(/C=C\C=C\c2ccccc2)c1. The number of nitrogen functional groups attached to an aromatic ring is 1. The van der Waals surface area contributed by atoms with E-state index in [-0.39, 0.29) is 0 Å². The third-order valence-corrected chi connectivity index (χ3v) is 2.40. The molecule has 17 heavy (non-hydrogen) atoms. The molecule has 0 atom stereocenters. The first-order valence-electron chi connectivity index (χ1n) is 5.60. The Balaban J connectivity index is 2.01. The molecule has 0 spiro atoms. The lowest BCUT2D eigenvalue weighted by molar-refractivity contribution is 1.64. The maximum absolute atomic E-state index is 5.70. The molecule has 0 unspecified atom stereocenters. The fourth-order valence-electron chi connectivity index (χ4n) is 1.56. The third kappa shape index (κ3) is 3.65. The molecule has 0 radical (unpaired) electrons. The number of hydrogen-bond acceptors (Lipinski definition) is 1. The van der Waals surface area contributed by atoms with E-state index in [1.54, 1.807) is 0 Å². The molecule has 1 heteroatoms. The van der Waals surface area contributed by atoms with Gasteiger partial charge in [-0.1, -0.05) is 66.8 Å². The standard InChI is InChI=1S/C16H15N/c17-16-12-6-11-15(13-16)10-5-4-9-14-7-2-1-3-8-14/h1-13H,17H2/b9-4+,10-5-. The first-order chi connectivity index (χ1) is 8.34. The second kappa shape index (κ2) is 5.71. The lowest BCUT2D eigenvalue weighted by Crippen LogP contribution is -1.83. The molecule has 0 heterocycles. The second-order valence-electron chi connectivity index (χ2n) is 3.80. The molecule has 0 aliphatic carbocycles. The van der Waals surface area contributed by atoms with Crippen LogP contribution >= 0.6 is 0 Å². The van der Waals surface area contributed by atoms with Crippen LogP contribution in [0.3, 0.4) is 0 Å². The summed E-state index contributed by atoms with van der Waals surface area (Å²) < 4.78 is 0. The molecule has 2 rings (SSSR count). The predicted molar refractivity (Wildman–Crippen MR) is 75.4 cm³/mol. The molecule has 0 aliphatic heterocycles. The van der Waals surface area contributed by atoms with Crippen LogP contribution in [0.1, 0.15) is 11.1 Å². The predicted octanol–water partition coefficient (Wildman–Crippen LogP) is 4.00. The molecule has 2 aromatic carbocycles. The molecule has 1 nitrogen and oxygen atoms in total. The normalized spacial score (nSPS) is 11.3. The molecule has 0 saturated heterocycles. The Labute approximate surface area is 102 Å². The minimum absolute atomic E-state index is 0.791. The Morgan fingerprint density at radius 1 is 0.706 bits per heavy atom. The maximum Gasteiger partial charge on any atom is 0.0319 e. The summed E-state index contributed by atoms with van der Waals surface area (Å²) in [7, 11) is 0. The van der Waals surface area contributed by atoms with Crippen molar-refractivity contribution in [3.8, 4) is 0 Å². The van der Waals surface area contributed by atoms with Crippen molar-refractivity contribution in [2.75, 3.05) is 5.73 Å².